The fourth-order valence-electron chi connectivity index (χ4n) is 0.884. The summed E-state index contributed by atoms with van der Waals surface area (Å²) in [5, 5.41) is 6.37. The van der Waals surface area contributed by atoms with Gasteiger partial charge in [-0.25, -0.2) is 0 Å². The van der Waals surface area contributed by atoms with Crippen LogP contribution in [0.15, 0.2) is 12.7 Å². The van der Waals surface area contributed by atoms with Crippen molar-refractivity contribution in [2.24, 2.45) is 0 Å². The summed E-state index contributed by atoms with van der Waals surface area (Å²) >= 11 is 0. The fraction of sp³-hybridized carbons (Fsp3) is 0.333. The van der Waals surface area contributed by atoms with Crippen LogP contribution in [0.4, 0.5) is 0 Å². The average Bonchev–Trinajstić information content (AvgIpc) is 1.91. The minimum absolute atomic E-state index is 0.924. The lowest BCUT2D eigenvalue weighted by Crippen LogP contribution is -2.57. The highest BCUT2D eigenvalue weighted by Crippen LogP contribution is 1.79. The minimum atomic E-state index is 0.924. The number of rotatable bonds is 2. The largest absolute Gasteiger partial charge is 0.377 e. The second-order valence-electron chi connectivity index (χ2n) is 2.14. The second-order valence-corrected chi connectivity index (χ2v) is 2.14. The van der Waals surface area contributed by atoms with E-state index in [2.05, 4.69) is 21.6 Å². The highest BCUT2D eigenvalue weighted by atomic mass is 15.1. The van der Waals surface area contributed by atoms with E-state index in [1.54, 1.807) is 0 Å². The molecular formula is C3H10B3N3. The Bertz CT molecular complexity index is 92.3. The smallest absolute Gasteiger partial charge is 0.268 e. The fourth-order valence-corrected chi connectivity index (χ4v) is 0.884. The van der Waals surface area contributed by atoms with E-state index in [9.17, 15) is 0 Å². The number of nitrogens with one attached hydrogen (secondary N) is 2. The van der Waals surface area contributed by atoms with E-state index in [0.29, 0.717) is 0 Å². The molecular weight excluding hydrogens is 110 g/mol. The first kappa shape index (κ1) is 6.93. The van der Waals surface area contributed by atoms with E-state index in [0.717, 1.165) is 29.2 Å². The third-order valence-electron chi connectivity index (χ3n) is 1.31. The summed E-state index contributed by atoms with van der Waals surface area (Å²) in [6, 6.07) is 0. The van der Waals surface area contributed by atoms with Gasteiger partial charge in [0.25, 0.3) is 22.6 Å². The van der Waals surface area contributed by atoms with E-state index < -0.39 is 0 Å². The monoisotopic (exact) mass is 121 g/mol. The average molecular weight is 121 g/mol. The molecule has 0 spiro atoms. The second kappa shape index (κ2) is 3.77. The number of nitrogens with zero attached hydrogens (tertiary/aromatic N) is 1. The molecule has 1 aliphatic rings. The first-order valence-electron chi connectivity index (χ1n) is 3.18. The zero-order valence-electron chi connectivity index (χ0n) is 5.56. The minimum Gasteiger partial charge on any atom is -0.377 e. The van der Waals surface area contributed by atoms with Gasteiger partial charge in [-0.15, -0.1) is 6.58 Å². The van der Waals surface area contributed by atoms with Crippen LogP contribution in [0.25, 0.3) is 0 Å². The molecule has 3 nitrogen and oxygen atoms in total. The zero-order chi connectivity index (χ0) is 6.53. The van der Waals surface area contributed by atoms with Crippen molar-refractivity contribution in [2.45, 2.75) is 0 Å². The summed E-state index contributed by atoms with van der Waals surface area (Å²) in [6.07, 6.45) is 1.91. The molecule has 1 aliphatic heterocycles. The quantitative estimate of drug-likeness (QED) is 0.311. The first-order chi connectivity index (χ1) is 4.43. The van der Waals surface area contributed by atoms with Gasteiger partial charge < -0.3 is 15.0 Å². The summed E-state index contributed by atoms with van der Waals surface area (Å²) in [5.74, 6) is 0. The predicted molar refractivity (Wildman–Crippen MR) is 44.6 cm³/mol. The molecule has 1 fully saturated rings. The van der Waals surface area contributed by atoms with Crippen LogP contribution >= 0.6 is 0 Å². The van der Waals surface area contributed by atoms with Crippen LogP contribution in [0.3, 0.4) is 0 Å². The van der Waals surface area contributed by atoms with Crippen molar-refractivity contribution in [1.29, 1.82) is 0 Å². The van der Waals surface area contributed by atoms with E-state index in [4.69, 9.17) is 0 Å². The summed E-state index contributed by atoms with van der Waals surface area (Å²) in [4.78, 5) is 0. The zero-order valence-corrected chi connectivity index (χ0v) is 5.56. The molecule has 2 N–H and O–H groups in total. The standard InChI is InChI=1S/C3H10B3N3/c1-2-3-9-5-7-4-8-6-9/h2,4-8H,1,3H2. The Kier molecular flexibility index (Phi) is 2.90. The highest BCUT2D eigenvalue weighted by Gasteiger charge is 2.10. The third-order valence-corrected chi connectivity index (χ3v) is 1.31. The molecule has 0 atom stereocenters. The van der Waals surface area contributed by atoms with Crippen molar-refractivity contribution < 1.29 is 0 Å². The lowest BCUT2D eigenvalue weighted by molar-refractivity contribution is 0.735. The topological polar surface area (TPSA) is 27.3 Å². The molecule has 0 aromatic rings. The molecule has 0 bridgehead atoms. The van der Waals surface area contributed by atoms with Gasteiger partial charge in [-0.3, -0.25) is 0 Å². The molecule has 0 aromatic heterocycles. The Morgan fingerprint density at radius 1 is 1.44 bits per heavy atom. The molecule has 1 heterocycles. The van der Waals surface area contributed by atoms with Gasteiger partial charge in [0.2, 0.25) is 0 Å². The normalized spacial score (nSPS) is 19.1. The number of hydrogen-bond acceptors (Lipinski definition) is 3. The predicted octanol–water partition coefficient (Wildman–Crippen LogP) is -2.53. The van der Waals surface area contributed by atoms with Crippen molar-refractivity contribution in [3.05, 3.63) is 12.7 Å². The molecule has 1 rings (SSSR count). The van der Waals surface area contributed by atoms with Crippen molar-refractivity contribution in [3.63, 3.8) is 0 Å². The Balaban J connectivity index is 2.15. The summed E-state index contributed by atoms with van der Waals surface area (Å²) in [6.45, 7) is 4.62. The van der Waals surface area contributed by atoms with E-state index in [1.165, 1.54) is 0 Å². The van der Waals surface area contributed by atoms with Crippen molar-refractivity contribution in [3.8, 4) is 0 Å². The molecule has 9 heavy (non-hydrogen) atoms. The molecule has 0 radical (unpaired) electrons. The summed E-state index contributed by atoms with van der Waals surface area (Å²) in [7, 11) is 2.87. The van der Waals surface area contributed by atoms with Crippen LogP contribution in [0.1, 0.15) is 0 Å². The Labute approximate surface area is 57.7 Å². The van der Waals surface area contributed by atoms with Crippen LogP contribution in [0.2, 0.25) is 0 Å². The van der Waals surface area contributed by atoms with Gasteiger partial charge in [-0.2, -0.15) is 0 Å². The van der Waals surface area contributed by atoms with Crippen molar-refractivity contribution in [2.75, 3.05) is 6.54 Å². The van der Waals surface area contributed by atoms with Gasteiger partial charge in [0.1, 0.15) is 0 Å². The van der Waals surface area contributed by atoms with Crippen molar-refractivity contribution in [1.82, 2.24) is 15.0 Å². The lowest BCUT2D eigenvalue weighted by atomic mass is 9.81. The first-order valence-corrected chi connectivity index (χ1v) is 3.18. The van der Waals surface area contributed by atoms with Crippen LogP contribution in [0.5, 0.6) is 0 Å². The van der Waals surface area contributed by atoms with Crippen molar-refractivity contribution >= 4 is 22.6 Å². The Hall–Kier alpha value is -0.185. The summed E-state index contributed by atoms with van der Waals surface area (Å²) in [5.41, 5.74) is 0. The van der Waals surface area contributed by atoms with Crippen LogP contribution < -0.4 is 10.3 Å². The van der Waals surface area contributed by atoms with Gasteiger partial charge in [-0.05, 0) is 6.54 Å². The molecule has 0 aliphatic carbocycles. The summed E-state index contributed by atoms with van der Waals surface area (Å²) < 4.78 is 2.23. The van der Waals surface area contributed by atoms with E-state index >= 15 is 0 Å². The Morgan fingerprint density at radius 2 is 2.11 bits per heavy atom. The maximum absolute atomic E-state index is 3.66. The maximum Gasteiger partial charge on any atom is 0.268 e. The molecule has 46 valence electrons. The SMILES string of the molecule is C=CCN1BNBNB1. The number of hydrogen-bond donors (Lipinski definition) is 2. The van der Waals surface area contributed by atoms with E-state index in [-0.39, 0.29) is 0 Å². The lowest BCUT2D eigenvalue weighted by Gasteiger charge is -2.23. The highest BCUT2D eigenvalue weighted by molar-refractivity contribution is 6.65. The molecule has 0 saturated carbocycles. The molecule has 0 unspecified atom stereocenters. The molecule has 0 amide bonds. The van der Waals surface area contributed by atoms with Gasteiger partial charge in [0, 0.05) is 0 Å². The van der Waals surface area contributed by atoms with E-state index in [1.807, 2.05) is 6.08 Å². The van der Waals surface area contributed by atoms with Gasteiger partial charge in [0.15, 0.2) is 0 Å². The molecule has 0 aromatic carbocycles. The van der Waals surface area contributed by atoms with Gasteiger partial charge in [-0.1, -0.05) is 6.08 Å². The molecule has 6 heteroatoms. The Morgan fingerprint density at radius 3 is 2.67 bits per heavy atom. The van der Waals surface area contributed by atoms with Crippen LogP contribution in [-0.2, 0) is 0 Å². The van der Waals surface area contributed by atoms with Crippen LogP contribution in [-0.4, -0.2) is 33.9 Å². The van der Waals surface area contributed by atoms with Crippen LogP contribution in [0, 0.1) is 0 Å². The molecule has 1 saturated heterocycles. The van der Waals surface area contributed by atoms with Gasteiger partial charge in [0.05, 0.1) is 0 Å². The maximum atomic E-state index is 3.66. The van der Waals surface area contributed by atoms with Gasteiger partial charge >= 0.3 is 0 Å². The third kappa shape index (κ3) is 2.26.